The summed E-state index contributed by atoms with van der Waals surface area (Å²) in [5.74, 6) is -0.180. The molecule has 0 unspecified atom stereocenters. The molecule has 0 radical (unpaired) electrons. The minimum absolute atomic E-state index is 0.180. The predicted molar refractivity (Wildman–Crippen MR) is 117 cm³/mol. The number of rotatable bonds is 4. The lowest BCUT2D eigenvalue weighted by Gasteiger charge is -2.28. The second-order valence-electron chi connectivity index (χ2n) is 6.64. The fourth-order valence-corrected chi connectivity index (χ4v) is 4.11. The van der Waals surface area contributed by atoms with Gasteiger partial charge in [0.05, 0.1) is 22.4 Å². The smallest absolute Gasteiger partial charge is 0.266 e. The lowest BCUT2D eigenvalue weighted by atomic mass is 10.1. The summed E-state index contributed by atoms with van der Waals surface area (Å²) in [5, 5.41) is 0.572. The van der Waals surface area contributed by atoms with E-state index in [1.807, 2.05) is 18.2 Å². The van der Waals surface area contributed by atoms with Gasteiger partial charge in [0.2, 0.25) is 0 Å². The van der Waals surface area contributed by atoms with E-state index in [0.29, 0.717) is 19.8 Å². The summed E-state index contributed by atoms with van der Waals surface area (Å²) >= 11 is 7.11. The molecule has 1 aliphatic rings. The third kappa shape index (κ3) is 4.85. The highest BCUT2D eigenvalue weighted by atomic mass is 35.5. The van der Waals surface area contributed by atoms with E-state index in [2.05, 4.69) is 22.0 Å². The van der Waals surface area contributed by atoms with E-state index >= 15 is 0 Å². The molecule has 5 nitrogen and oxygen atoms in total. The number of nitrogens with zero attached hydrogens (tertiary/aromatic N) is 1. The number of halogens is 1. The van der Waals surface area contributed by atoms with E-state index in [-0.39, 0.29) is 11.3 Å². The highest BCUT2D eigenvalue weighted by Gasteiger charge is 2.10. The Bertz CT molecular complexity index is 1170. The van der Waals surface area contributed by atoms with Gasteiger partial charge in [0.15, 0.2) is 5.78 Å². The quantitative estimate of drug-likeness (QED) is 0.651. The van der Waals surface area contributed by atoms with Gasteiger partial charge in [0.1, 0.15) is 0 Å². The van der Waals surface area contributed by atoms with Crippen molar-refractivity contribution in [3.63, 3.8) is 0 Å². The first-order valence-electron chi connectivity index (χ1n) is 9.24. The molecule has 148 valence electrons. The number of carbonyl (C=O) groups excluding carboxylic acids is 1. The molecule has 4 rings (SSSR count). The van der Waals surface area contributed by atoms with Gasteiger partial charge in [0, 0.05) is 35.4 Å². The molecule has 0 bridgehead atoms. The zero-order valence-corrected chi connectivity index (χ0v) is 17.1. The van der Waals surface area contributed by atoms with Crippen LogP contribution < -0.4 is 19.7 Å². The summed E-state index contributed by atoms with van der Waals surface area (Å²) in [7, 11) is 0. The maximum absolute atomic E-state index is 12.4. The number of aromatic amines is 1. The largest absolute Gasteiger partial charge is 0.378 e. The SMILES string of the molecule is O=C(/C=c1/[nH]c(=O)/c(=C/c2ccc(N3CCOCC3)cc2)s1)c1ccc(Cl)cc1. The Morgan fingerprint density at radius 3 is 2.45 bits per heavy atom. The molecule has 29 heavy (non-hydrogen) atoms. The summed E-state index contributed by atoms with van der Waals surface area (Å²) in [6.45, 7) is 3.25. The van der Waals surface area contributed by atoms with Crippen molar-refractivity contribution in [2.45, 2.75) is 0 Å². The highest BCUT2D eigenvalue weighted by molar-refractivity contribution is 7.07. The van der Waals surface area contributed by atoms with E-state index < -0.39 is 0 Å². The standard InChI is InChI=1S/C22H19ClN2O3S/c23-17-5-3-16(4-6-17)19(26)14-21-24-22(27)20(29-21)13-15-1-7-18(8-2-15)25-9-11-28-12-10-25/h1-8,13-14H,9-12H2,(H,24,27)/b20-13-,21-14-. The van der Waals surface area contributed by atoms with Crippen molar-refractivity contribution >= 4 is 46.6 Å². The van der Waals surface area contributed by atoms with Crippen LogP contribution in [0.1, 0.15) is 15.9 Å². The zero-order chi connectivity index (χ0) is 20.2. The van der Waals surface area contributed by atoms with Crippen molar-refractivity contribution in [1.82, 2.24) is 4.98 Å². The van der Waals surface area contributed by atoms with Crippen LogP contribution in [0.3, 0.4) is 0 Å². The molecule has 2 aromatic carbocycles. The minimum atomic E-state index is -0.206. The molecule has 0 atom stereocenters. The number of nitrogens with one attached hydrogen (secondary N) is 1. The summed E-state index contributed by atoms with van der Waals surface area (Å²) in [6, 6.07) is 14.7. The normalized spacial score (nSPS) is 15.7. The Morgan fingerprint density at radius 1 is 1.07 bits per heavy atom. The molecule has 0 amide bonds. The van der Waals surface area contributed by atoms with Crippen molar-refractivity contribution in [2.24, 2.45) is 0 Å². The van der Waals surface area contributed by atoms with Crippen LogP contribution in [0, 0.1) is 0 Å². The number of carbonyl (C=O) groups is 1. The molecular weight excluding hydrogens is 408 g/mol. The average molecular weight is 427 g/mol. The van der Waals surface area contributed by atoms with Crippen LogP contribution in [-0.4, -0.2) is 37.1 Å². The molecule has 1 fully saturated rings. The summed E-state index contributed by atoms with van der Waals surface area (Å²) in [6.07, 6.45) is 3.27. The first kappa shape index (κ1) is 19.6. The van der Waals surface area contributed by atoms with Crippen LogP contribution in [0.2, 0.25) is 5.02 Å². The minimum Gasteiger partial charge on any atom is -0.378 e. The lowest BCUT2D eigenvalue weighted by molar-refractivity contribution is 0.106. The second kappa shape index (κ2) is 8.78. The predicted octanol–water partition coefficient (Wildman–Crippen LogP) is 2.42. The third-order valence-electron chi connectivity index (χ3n) is 4.64. The first-order valence-corrected chi connectivity index (χ1v) is 10.4. The molecule has 1 saturated heterocycles. The van der Waals surface area contributed by atoms with Gasteiger partial charge in [-0.25, -0.2) is 0 Å². The zero-order valence-electron chi connectivity index (χ0n) is 15.6. The van der Waals surface area contributed by atoms with Crippen LogP contribution >= 0.6 is 22.9 Å². The number of hydrogen-bond donors (Lipinski definition) is 1. The number of anilines is 1. The third-order valence-corrected chi connectivity index (χ3v) is 5.85. The van der Waals surface area contributed by atoms with Gasteiger partial charge in [-0.15, -0.1) is 11.3 Å². The van der Waals surface area contributed by atoms with Gasteiger partial charge in [-0.05, 0) is 48.0 Å². The molecule has 0 spiro atoms. The maximum Gasteiger partial charge on any atom is 0.266 e. The molecule has 1 aromatic heterocycles. The van der Waals surface area contributed by atoms with Crippen LogP contribution in [0.25, 0.3) is 12.2 Å². The van der Waals surface area contributed by atoms with E-state index in [1.165, 1.54) is 17.4 Å². The Balaban J connectivity index is 1.57. The second-order valence-corrected chi connectivity index (χ2v) is 8.16. The number of hydrogen-bond acceptors (Lipinski definition) is 5. The number of Topliss-reactive ketones (excluding diaryl/α,β-unsaturated/α-hetero) is 1. The monoisotopic (exact) mass is 426 g/mol. The fraction of sp³-hybridized carbons (Fsp3) is 0.182. The summed E-state index contributed by atoms with van der Waals surface area (Å²) in [4.78, 5) is 29.7. The molecule has 7 heteroatoms. The van der Waals surface area contributed by atoms with Crippen molar-refractivity contribution in [3.05, 3.63) is 84.2 Å². The number of morpholine rings is 1. The van der Waals surface area contributed by atoms with Gasteiger partial charge in [0.25, 0.3) is 5.56 Å². The molecule has 0 saturated carbocycles. The van der Waals surface area contributed by atoms with Crippen LogP contribution in [0.4, 0.5) is 5.69 Å². The van der Waals surface area contributed by atoms with Crippen molar-refractivity contribution in [2.75, 3.05) is 31.2 Å². The number of aromatic nitrogens is 1. The molecule has 1 aliphatic heterocycles. The van der Waals surface area contributed by atoms with Crippen LogP contribution in [0.5, 0.6) is 0 Å². The number of ether oxygens (including phenoxy) is 1. The van der Waals surface area contributed by atoms with Crippen molar-refractivity contribution in [3.8, 4) is 0 Å². The van der Waals surface area contributed by atoms with Gasteiger partial charge < -0.3 is 14.6 Å². The lowest BCUT2D eigenvalue weighted by Crippen LogP contribution is -2.36. The number of benzene rings is 2. The molecule has 1 N–H and O–H groups in total. The van der Waals surface area contributed by atoms with Gasteiger partial charge in [-0.2, -0.15) is 0 Å². The van der Waals surface area contributed by atoms with E-state index in [0.717, 1.165) is 37.6 Å². The van der Waals surface area contributed by atoms with Gasteiger partial charge in [-0.3, -0.25) is 9.59 Å². The van der Waals surface area contributed by atoms with E-state index in [1.54, 1.807) is 24.3 Å². The van der Waals surface area contributed by atoms with Gasteiger partial charge >= 0.3 is 0 Å². The molecule has 2 heterocycles. The Kier molecular flexibility index (Phi) is 5.94. The highest BCUT2D eigenvalue weighted by Crippen LogP contribution is 2.17. The maximum atomic E-state index is 12.4. The first-order chi connectivity index (χ1) is 14.1. The summed E-state index contributed by atoms with van der Waals surface area (Å²) in [5.41, 5.74) is 2.40. The summed E-state index contributed by atoms with van der Waals surface area (Å²) < 4.78 is 6.46. The number of ketones is 1. The Labute approximate surface area is 176 Å². The molecule has 3 aromatic rings. The Hall–Kier alpha value is -2.67. The van der Waals surface area contributed by atoms with Crippen molar-refractivity contribution in [1.29, 1.82) is 0 Å². The number of thiazole rings is 1. The average Bonchev–Trinajstić information content (AvgIpc) is 3.08. The fourth-order valence-electron chi connectivity index (χ4n) is 3.10. The number of H-pyrrole nitrogens is 1. The van der Waals surface area contributed by atoms with E-state index in [9.17, 15) is 9.59 Å². The molecular formula is C22H19ClN2O3S. The molecule has 0 aliphatic carbocycles. The van der Waals surface area contributed by atoms with Crippen molar-refractivity contribution < 1.29 is 9.53 Å². The van der Waals surface area contributed by atoms with Gasteiger partial charge in [-0.1, -0.05) is 23.7 Å². The van der Waals surface area contributed by atoms with E-state index in [4.69, 9.17) is 16.3 Å². The topological polar surface area (TPSA) is 62.4 Å². The Morgan fingerprint density at radius 2 is 1.76 bits per heavy atom. The van der Waals surface area contributed by atoms with Crippen LogP contribution in [0.15, 0.2) is 53.3 Å². The van der Waals surface area contributed by atoms with Crippen LogP contribution in [-0.2, 0) is 4.74 Å².